The summed E-state index contributed by atoms with van der Waals surface area (Å²) < 4.78 is 37.3. The van der Waals surface area contributed by atoms with Crippen molar-refractivity contribution in [3.8, 4) is 0 Å². The molecule has 0 unspecified atom stereocenters. The summed E-state index contributed by atoms with van der Waals surface area (Å²) in [5, 5.41) is 64.8. The van der Waals surface area contributed by atoms with Gasteiger partial charge in [0, 0.05) is 18.9 Å². The molecule has 5 aliphatic carbocycles. The van der Waals surface area contributed by atoms with E-state index in [4.69, 9.17) is 28.4 Å². The molecule has 314 valence electrons. The molecule has 0 aromatic carbocycles. The molecule has 0 amide bonds. The van der Waals surface area contributed by atoms with Crippen LogP contribution in [0.25, 0.3) is 0 Å². The fraction of sp³-hybridized carbons (Fsp3) is 0.976. The molecule has 8 rings (SSSR count). The molecule has 3 saturated heterocycles. The molecule has 55 heavy (non-hydrogen) atoms. The molecule has 2 spiro atoms. The lowest BCUT2D eigenvalue weighted by Gasteiger charge is -2.64. The number of aliphatic hydroxyl groups excluding tert-OH is 6. The van der Waals surface area contributed by atoms with Crippen LogP contribution < -0.4 is 0 Å². The third-order valence-corrected chi connectivity index (χ3v) is 17.3. The van der Waals surface area contributed by atoms with Crippen molar-refractivity contribution in [2.45, 2.75) is 180 Å². The van der Waals surface area contributed by atoms with E-state index in [-0.39, 0.29) is 70.6 Å². The van der Waals surface area contributed by atoms with E-state index in [9.17, 15) is 35.4 Å². The maximum absolute atomic E-state index is 13.7. The Hall–Kier alpha value is -0.810. The largest absolute Gasteiger partial charge is 0.393 e. The molecule has 8 fully saturated rings. The quantitative estimate of drug-likeness (QED) is 0.197. The molecule has 0 radical (unpaired) electrons. The number of carbonyl (C=O) groups excluding carboxylic acids is 1. The van der Waals surface area contributed by atoms with Crippen LogP contribution in [0.2, 0.25) is 0 Å². The molecule has 0 bridgehead atoms. The molecular formula is C42H68O13. The fourth-order valence-electron chi connectivity index (χ4n) is 14.9. The monoisotopic (exact) mass is 780 g/mol. The highest BCUT2D eigenvalue weighted by atomic mass is 16.8. The zero-order valence-electron chi connectivity index (χ0n) is 34.1. The van der Waals surface area contributed by atoms with Gasteiger partial charge in [-0.2, -0.15) is 0 Å². The Bertz CT molecular complexity index is 1480. The highest BCUT2D eigenvalue weighted by Gasteiger charge is 2.85. The Morgan fingerprint density at radius 1 is 0.800 bits per heavy atom. The topological polar surface area (TPSA) is 194 Å². The summed E-state index contributed by atoms with van der Waals surface area (Å²) in [6.45, 7) is 17.3. The van der Waals surface area contributed by atoms with Gasteiger partial charge in [0.15, 0.2) is 18.4 Å². The third kappa shape index (κ3) is 5.64. The summed E-state index contributed by atoms with van der Waals surface area (Å²) in [4.78, 5) is 13.7. The number of ether oxygens (including phenoxy) is 6. The first-order chi connectivity index (χ1) is 25.7. The van der Waals surface area contributed by atoms with E-state index in [1.807, 2.05) is 20.8 Å². The number of carbonyl (C=O) groups is 1. The maximum Gasteiger partial charge on any atom is 0.229 e. The summed E-state index contributed by atoms with van der Waals surface area (Å²) >= 11 is 0. The van der Waals surface area contributed by atoms with Crippen molar-refractivity contribution in [3.63, 3.8) is 0 Å². The van der Waals surface area contributed by atoms with Gasteiger partial charge < -0.3 is 59.1 Å². The molecular weight excluding hydrogens is 712 g/mol. The Morgan fingerprint density at radius 2 is 1.47 bits per heavy atom. The Labute approximate surface area is 325 Å². The lowest BCUT2D eigenvalue weighted by Crippen LogP contribution is -2.64. The number of fused-ring (bicyclic) bond motifs is 4. The van der Waals surface area contributed by atoms with Crippen LogP contribution in [-0.4, -0.2) is 130 Å². The standard InChI is InChI=1S/C42H68O13/c1-9-52-42(34(49)20(2)3)15-21(4)28-25(55-42)16-39(8)26-14-22(43)33-37(5,6)27(10-11-41(33)19-40(26,41)13-12-38(28,39)7)53-36-32(30(47)24(45)18-51-36)54-35-31(48)29(46)23(44)17-50-35/h20-33,35-36,43-48H,9-19H2,1-8H3/t21-,22+,23+,24-,25+,26+,27+,28+,29+,30+,31-,32-,33+,35+,36+,38-,39+,40+,41-,42+/m1/s1. The second kappa shape index (κ2) is 13.6. The van der Waals surface area contributed by atoms with Crippen LogP contribution in [0.5, 0.6) is 0 Å². The predicted molar refractivity (Wildman–Crippen MR) is 196 cm³/mol. The average Bonchev–Trinajstić information content (AvgIpc) is 3.70. The zero-order valence-corrected chi connectivity index (χ0v) is 34.1. The van der Waals surface area contributed by atoms with Crippen LogP contribution >= 0.6 is 0 Å². The van der Waals surface area contributed by atoms with Gasteiger partial charge >= 0.3 is 0 Å². The second-order valence-corrected chi connectivity index (χ2v) is 20.5. The van der Waals surface area contributed by atoms with E-state index in [1.165, 1.54) is 0 Å². The minimum atomic E-state index is -1.59. The summed E-state index contributed by atoms with van der Waals surface area (Å²) in [5.74, 6) is -0.593. The van der Waals surface area contributed by atoms with E-state index >= 15 is 0 Å². The van der Waals surface area contributed by atoms with Gasteiger partial charge in [-0.25, -0.2) is 0 Å². The number of ketones is 1. The van der Waals surface area contributed by atoms with Crippen molar-refractivity contribution >= 4 is 5.78 Å². The van der Waals surface area contributed by atoms with Crippen LogP contribution in [0.1, 0.15) is 107 Å². The number of hydrogen-bond acceptors (Lipinski definition) is 13. The molecule has 5 saturated carbocycles. The first-order valence-corrected chi connectivity index (χ1v) is 21.2. The van der Waals surface area contributed by atoms with Gasteiger partial charge in [0.1, 0.15) is 36.6 Å². The normalized spacial score (nSPS) is 56.8. The van der Waals surface area contributed by atoms with Gasteiger partial charge in [0.05, 0.1) is 31.5 Å². The minimum Gasteiger partial charge on any atom is -0.393 e. The Balaban J connectivity index is 1.03. The third-order valence-electron chi connectivity index (χ3n) is 17.3. The molecule has 13 nitrogen and oxygen atoms in total. The minimum absolute atomic E-state index is 0.0130. The predicted octanol–water partition coefficient (Wildman–Crippen LogP) is 2.68. The van der Waals surface area contributed by atoms with Crippen molar-refractivity contribution in [1.82, 2.24) is 0 Å². The molecule has 6 N–H and O–H groups in total. The van der Waals surface area contributed by atoms with Crippen LogP contribution in [0, 0.1) is 56.7 Å². The van der Waals surface area contributed by atoms with Crippen LogP contribution in [0.3, 0.4) is 0 Å². The van der Waals surface area contributed by atoms with Gasteiger partial charge in [-0.3, -0.25) is 4.79 Å². The number of hydrogen-bond donors (Lipinski definition) is 6. The van der Waals surface area contributed by atoms with Gasteiger partial charge in [-0.05, 0) is 103 Å². The van der Waals surface area contributed by atoms with E-state index in [2.05, 4.69) is 34.6 Å². The highest BCUT2D eigenvalue weighted by molar-refractivity contribution is 5.87. The lowest BCUT2D eigenvalue weighted by molar-refractivity contribution is -0.356. The molecule has 3 aliphatic heterocycles. The lowest BCUT2D eigenvalue weighted by atomic mass is 9.41. The molecule has 8 aliphatic rings. The average molecular weight is 781 g/mol. The Kier molecular flexibility index (Phi) is 10.1. The number of Topliss-reactive ketones (excluding diaryl/α,β-unsaturated/α-hetero) is 1. The van der Waals surface area contributed by atoms with Crippen molar-refractivity contribution < 1.29 is 63.9 Å². The summed E-state index contributed by atoms with van der Waals surface area (Å²) in [6.07, 6.45) is -4.99. The van der Waals surface area contributed by atoms with Crippen LogP contribution in [-0.2, 0) is 33.2 Å². The number of rotatable bonds is 8. The summed E-state index contributed by atoms with van der Waals surface area (Å²) in [7, 11) is 0. The van der Waals surface area contributed by atoms with Crippen LogP contribution in [0.4, 0.5) is 0 Å². The first-order valence-electron chi connectivity index (χ1n) is 21.2. The summed E-state index contributed by atoms with van der Waals surface area (Å²) in [6, 6.07) is 0. The summed E-state index contributed by atoms with van der Waals surface area (Å²) in [5.41, 5.74) is -0.581. The van der Waals surface area contributed by atoms with Crippen molar-refractivity contribution in [2.24, 2.45) is 56.7 Å². The second-order valence-electron chi connectivity index (χ2n) is 20.5. The van der Waals surface area contributed by atoms with Crippen molar-refractivity contribution in [1.29, 1.82) is 0 Å². The van der Waals surface area contributed by atoms with E-state index in [1.54, 1.807) is 0 Å². The fourth-order valence-corrected chi connectivity index (χ4v) is 14.9. The van der Waals surface area contributed by atoms with Crippen molar-refractivity contribution in [3.05, 3.63) is 0 Å². The zero-order chi connectivity index (χ0) is 39.8. The van der Waals surface area contributed by atoms with E-state index in [0.29, 0.717) is 37.7 Å². The Morgan fingerprint density at radius 3 is 2.15 bits per heavy atom. The number of aliphatic hydroxyl groups is 6. The van der Waals surface area contributed by atoms with E-state index in [0.717, 1.165) is 32.1 Å². The maximum atomic E-state index is 13.7. The van der Waals surface area contributed by atoms with Gasteiger partial charge in [-0.15, -0.1) is 0 Å². The first kappa shape index (κ1) is 40.9. The van der Waals surface area contributed by atoms with Gasteiger partial charge in [0.2, 0.25) is 5.79 Å². The highest BCUT2D eigenvalue weighted by Crippen LogP contribution is 2.89. The molecule has 13 heteroatoms. The van der Waals surface area contributed by atoms with Crippen LogP contribution in [0.15, 0.2) is 0 Å². The molecule has 20 atom stereocenters. The molecule has 0 aromatic heterocycles. The molecule has 3 heterocycles. The SMILES string of the molecule is CCO[C@@]1(C(=O)C(C)C)C[C@@H](C)[C@H]2[C@H](C[C@@]3(C)[C@@H]4C[C@H](O)[C@H]5C(C)(C)[C@@H](O[C@@H]6OC[C@@H](O)[C@H](O)[C@H]6O[C@@H]6OC[C@H](O)[C@H](O)[C@H]6O)CC[C@@]56C[C@@]46CC[C@]23C)O1. The van der Waals surface area contributed by atoms with Gasteiger partial charge in [0.25, 0.3) is 0 Å². The van der Waals surface area contributed by atoms with Crippen molar-refractivity contribution in [2.75, 3.05) is 19.8 Å². The van der Waals surface area contributed by atoms with E-state index < -0.39 is 66.5 Å². The smallest absolute Gasteiger partial charge is 0.229 e. The van der Waals surface area contributed by atoms with Gasteiger partial charge in [-0.1, -0.05) is 48.5 Å². The molecule has 0 aromatic rings.